The van der Waals surface area contributed by atoms with E-state index in [2.05, 4.69) is 0 Å². The molecule has 0 aromatic heterocycles. The van der Waals surface area contributed by atoms with Gasteiger partial charge in [-0.05, 0) is 18.9 Å². The van der Waals surface area contributed by atoms with Gasteiger partial charge >= 0.3 is 0 Å². The SMILES string of the molecule is COc1cccc([C@@H](N)CCCO)c1OC. The molecule has 1 aromatic rings. The van der Waals surface area contributed by atoms with Crippen LogP contribution in [0, 0.1) is 0 Å². The maximum Gasteiger partial charge on any atom is 0.165 e. The first-order valence-corrected chi connectivity index (χ1v) is 5.32. The van der Waals surface area contributed by atoms with E-state index < -0.39 is 0 Å². The fourth-order valence-electron chi connectivity index (χ4n) is 1.67. The van der Waals surface area contributed by atoms with E-state index in [-0.39, 0.29) is 12.6 Å². The number of aliphatic hydroxyl groups is 1. The molecule has 0 amide bonds. The fourth-order valence-corrected chi connectivity index (χ4v) is 1.67. The highest BCUT2D eigenvalue weighted by Crippen LogP contribution is 2.34. The van der Waals surface area contributed by atoms with Crippen molar-refractivity contribution in [1.29, 1.82) is 0 Å². The van der Waals surface area contributed by atoms with Gasteiger partial charge in [-0.2, -0.15) is 0 Å². The lowest BCUT2D eigenvalue weighted by Crippen LogP contribution is -2.12. The van der Waals surface area contributed by atoms with Crippen molar-refractivity contribution in [1.82, 2.24) is 0 Å². The van der Waals surface area contributed by atoms with E-state index in [1.807, 2.05) is 18.2 Å². The van der Waals surface area contributed by atoms with Gasteiger partial charge in [0.25, 0.3) is 0 Å². The van der Waals surface area contributed by atoms with Crippen molar-refractivity contribution in [2.45, 2.75) is 18.9 Å². The zero-order valence-electron chi connectivity index (χ0n) is 9.77. The van der Waals surface area contributed by atoms with Crippen molar-refractivity contribution in [2.75, 3.05) is 20.8 Å². The third kappa shape index (κ3) is 2.87. The van der Waals surface area contributed by atoms with Crippen LogP contribution in [0.15, 0.2) is 18.2 Å². The van der Waals surface area contributed by atoms with E-state index in [0.717, 1.165) is 12.0 Å². The normalized spacial score (nSPS) is 12.2. The van der Waals surface area contributed by atoms with E-state index in [9.17, 15) is 0 Å². The Kier molecular flexibility index (Phi) is 5.08. The molecule has 0 bridgehead atoms. The molecule has 0 saturated carbocycles. The summed E-state index contributed by atoms with van der Waals surface area (Å²) < 4.78 is 10.5. The highest BCUT2D eigenvalue weighted by molar-refractivity contribution is 5.47. The van der Waals surface area contributed by atoms with Crippen molar-refractivity contribution in [3.05, 3.63) is 23.8 Å². The van der Waals surface area contributed by atoms with Crippen LogP contribution in [0.3, 0.4) is 0 Å². The Morgan fingerprint density at radius 1 is 1.31 bits per heavy atom. The maximum atomic E-state index is 8.78. The molecule has 0 aliphatic rings. The summed E-state index contributed by atoms with van der Waals surface area (Å²) in [5.41, 5.74) is 6.95. The lowest BCUT2D eigenvalue weighted by molar-refractivity contribution is 0.279. The summed E-state index contributed by atoms with van der Waals surface area (Å²) in [6.07, 6.45) is 1.40. The van der Waals surface area contributed by atoms with Gasteiger partial charge < -0.3 is 20.3 Å². The molecule has 3 N–H and O–H groups in total. The van der Waals surface area contributed by atoms with Crippen molar-refractivity contribution >= 4 is 0 Å². The van der Waals surface area contributed by atoms with Crippen LogP contribution in [-0.4, -0.2) is 25.9 Å². The van der Waals surface area contributed by atoms with Crippen LogP contribution < -0.4 is 15.2 Å². The van der Waals surface area contributed by atoms with Crippen LogP contribution in [0.4, 0.5) is 0 Å². The third-order valence-electron chi connectivity index (χ3n) is 2.51. The van der Waals surface area contributed by atoms with Gasteiger partial charge in [-0.15, -0.1) is 0 Å². The molecule has 0 saturated heterocycles. The van der Waals surface area contributed by atoms with Gasteiger partial charge in [0.15, 0.2) is 11.5 Å². The molecule has 1 atom stereocenters. The van der Waals surface area contributed by atoms with Gasteiger partial charge in [-0.3, -0.25) is 0 Å². The first kappa shape index (κ1) is 12.8. The van der Waals surface area contributed by atoms with Crippen LogP contribution in [-0.2, 0) is 0 Å². The van der Waals surface area contributed by atoms with Crippen LogP contribution in [0.1, 0.15) is 24.4 Å². The van der Waals surface area contributed by atoms with Crippen LogP contribution in [0.2, 0.25) is 0 Å². The van der Waals surface area contributed by atoms with Crippen LogP contribution in [0.25, 0.3) is 0 Å². The third-order valence-corrected chi connectivity index (χ3v) is 2.51. The summed E-state index contributed by atoms with van der Waals surface area (Å²) >= 11 is 0. The lowest BCUT2D eigenvalue weighted by Gasteiger charge is -2.17. The van der Waals surface area contributed by atoms with E-state index in [1.54, 1.807) is 14.2 Å². The summed E-state index contributed by atoms with van der Waals surface area (Å²) in [4.78, 5) is 0. The predicted octanol–water partition coefficient (Wildman–Crippen LogP) is 1.48. The van der Waals surface area contributed by atoms with Gasteiger partial charge in [-0.25, -0.2) is 0 Å². The number of nitrogens with two attached hydrogens (primary N) is 1. The highest BCUT2D eigenvalue weighted by atomic mass is 16.5. The number of para-hydroxylation sites is 1. The molecule has 4 nitrogen and oxygen atoms in total. The number of rotatable bonds is 6. The topological polar surface area (TPSA) is 64.7 Å². The van der Waals surface area contributed by atoms with E-state index >= 15 is 0 Å². The fraction of sp³-hybridized carbons (Fsp3) is 0.500. The standard InChI is InChI=1S/C12H19NO3/c1-15-11-7-3-5-9(12(11)16-2)10(13)6-4-8-14/h3,5,7,10,14H,4,6,8,13H2,1-2H3/t10-/m0/s1. The molecule has 1 aromatic carbocycles. The Bertz CT molecular complexity index is 328. The van der Waals surface area contributed by atoms with E-state index in [1.165, 1.54) is 0 Å². The molecule has 0 fully saturated rings. The Hall–Kier alpha value is -1.26. The molecule has 0 spiro atoms. The van der Waals surface area contributed by atoms with Crippen molar-refractivity contribution in [2.24, 2.45) is 5.73 Å². The maximum absolute atomic E-state index is 8.78. The average molecular weight is 225 g/mol. The zero-order chi connectivity index (χ0) is 12.0. The minimum Gasteiger partial charge on any atom is -0.493 e. The average Bonchev–Trinajstić information content (AvgIpc) is 2.34. The number of methoxy groups -OCH3 is 2. The first-order valence-electron chi connectivity index (χ1n) is 5.32. The summed E-state index contributed by atoms with van der Waals surface area (Å²) in [6.45, 7) is 0.153. The van der Waals surface area contributed by atoms with E-state index in [0.29, 0.717) is 17.9 Å². The quantitative estimate of drug-likeness (QED) is 0.769. The van der Waals surface area contributed by atoms with Crippen molar-refractivity contribution in [3.63, 3.8) is 0 Å². The minimum atomic E-state index is -0.141. The van der Waals surface area contributed by atoms with Gasteiger partial charge in [0.2, 0.25) is 0 Å². The summed E-state index contributed by atoms with van der Waals surface area (Å²) in [7, 11) is 3.20. The lowest BCUT2D eigenvalue weighted by atomic mass is 10.0. The second-order valence-electron chi connectivity index (χ2n) is 3.56. The molecule has 4 heteroatoms. The molecule has 16 heavy (non-hydrogen) atoms. The minimum absolute atomic E-state index is 0.141. The van der Waals surface area contributed by atoms with E-state index in [4.69, 9.17) is 20.3 Å². The Labute approximate surface area is 96.0 Å². The summed E-state index contributed by atoms with van der Waals surface area (Å²) in [5.74, 6) is 1.36. The largest absolute Gasteiger partial charge is 0.493 e. The van der Waals surface area contributed by atoms with Crippen molar-refractivity contribution < 1.29 is 14.6 Å². The van der Waals surface area contributed by atoms with Gasteiger partial charge in [-0.1, -0.05) is 12.1 Å². The molecule has 1 rings (SSSR count). The summed E-state index contributed by atoms with van der Waals surface area (Å²) in [5, 5.41) is 8.78. The molecule has 90 valence electrons. The van der Waals surface area contributed by atoms with Gasteiger partial charge in [0.05, 0.1) is 14.2 Å². The number of benzene rings is 1. The van der Waals surface area contributed by atoms with Crippen molar-refractivity contribution in [3.8, 4) is 11.5 Å². The summed E-state index contributed by atoms with van der Waals surface area (Å²) in [6, 6.07) is 5.50. The second kappa shape index (κ2) is 6.35. The molecular weight excluding hydrogens is 206 g/mol. The van der Waals surface area contributed by atoms with Crippen LogP contribution >= 0.6 is 0 Å². The van der Waals surface area contributed by atoms with Gasteiger partial charge in [0.1, 0.15) is 0 Å². The molecule has 0 aliphatic heterocycles. The zero-order valence-corrected chi connectivity index (χ0v) is 9.77. The highest BCUT2D eigenvalue weighted by Gasteiger charge is 2.15. The molecular formula is C12H19NO3. The Balaban J connectivity index is 2.93. The number of hydrogen-bond donors (Lipinski definition) is 2. The van der Waals surface area contributed by atoms with Gasteiger partial charge in [0, 0.05) is 18.2 Å². The molecule has 0 aliphatic carbocycles. The number of aliphatic hydroxyl groups excluding tert-OH is 1. The molecule has 0 unspecified atom stereocenters. The first-order chi connectivity index (χ1) is 7.74. The molecule has 0 heterocycles. The predicted molar refractivity (Wildman–Crippen MR) is 62.8 cm³/mol. The molecule has 0 radical (unpaired) electrons. The Morgan fingerprint density at radius 3 is 2.62 bits per heavy atom. The Morgan fingerprint density at radius 2 is 2.06 bits per heavy atom. The monoisotopic (exact) mass is 225 g/mol. The van der Waals surface area contributed by atoms with Crippen LogP contribution in [0.5, 0.6) is 11.5 Å². The number of ether oxygens (including phenoxy) is 2. The smallest absolute Gasteiger partial charge is 0.165 e. The number of hydrogen-bond acceptors (Lipinski definition) is 4. The second-order valence-corrected chi connectivity index (χ2v) is 3.56.